The van der Waals surface area contributed by atoms with E-state index >= 15 is 0 Å². The van der Waals surface area contributed by atoms with Gasteiger partial charge in [0.2, 0.25) is 0 Å². The van der Waals surface area contributed by atoms with Crippen LogP contribution in [-0.4, -0.2) is 11.5 Å². The zero-order valence-corrected chi connectivity index (χ0v) is 9.57. The van der Waals surface area contributed by atoms with E-state index in [1.54, 1.807) is 0 Å². The van der Waals surface area contributed by atoms with E-state index in [9.17, 15) is 0 Å². The summed E-state index contributed by atoms with van der Waals surface area (Å²) in [6.07, 6.45) is 0. The maximum atomic E-state index is 5.89. The predicted octanol–water partition coefficient (Wildman–Crippen LogP) is 3.34. The second-order valence-electron chi connectivity index (χ2n) is 3.54. The SMILES string of the molecule is C=C(C)CNc1cc(C)c(Cl)nc1C. The van der Waals surface area contributed by atoms with Gasteiger partial charge in [-0.2, -0.15) is 0 Å². The highest BCUT2D eigenvalue weighted by Crippen LogP contribution is 2.20. The maximum Gasteiger partial charge on any atom is 0.132 e. The summed E-state index contributed by atoms with van der Waals surface area (Å²) in [5.74, 6) is 0. The van der Waals surface area contributed by atoms with Crippen molar-refractivity contribution in [1.82, 2.24) is 4.98 Å². The summed E-state index contributed by atoms with van der Waals surface area (Å²) in [7, 11) is 0. The Kier molecular flexibility index (Phi) is 3.53. The fourth-order valence-corrected chi connectivity index (χ4v) is 1.28. The molecule has 1 N–H and O–H groups in total. The van der Waals surface area contributed by atoms with Crippen molar-refractivity contribution in [2.45, 2.75) is 20.8 Å². The molecule has 0 aliphatic rings. The lowest BCUT2D eigenvalue weighted by Gasteiger charge is -2.10. The third kappa shape index (κ3) is 2.74. The molecule has 0 aromatic carbocycles. The number of anilines is 1. The summed E-state index contributed by atoms with van der Waals surface area (Å²) in [5.41, 5.74) is 4.02. The van der Waals surface area contributed by atoms with Gasteiger partial charge in [-0.1, -0.05) is 23.8 Å². The molecular weight excluding hydrogens is 196 g/mol. The third-order valence-electron chi connectivity index (χ3n) is 1.92. The van der Waals surface area contributed by atoms with Crippen molar-refractivity contribution in [1.29, 1.82) is 0 Å². The molecule has 0 unspecified atom stereocenters. The minimum atomic E-state index is 0.573. The smallest absolute Gasteiger partial charge is 0.132 e. The Morgan fingerprint density at radius 2 is 2.21 bits per heavy atom. The van der Waals surface area contributed by atoms with Crippen LogP contribution in [0.5, 0.6) is 0 Å². The Labute approximate surface area is 90.0 Å². The minimum Gasteiger partial charge on any atom is -0.380 e. The second-order valence-corrected chi connectivity index (χ2v) is 3.90. The number of rotatable bonds is 3. The van der Waals surface area contributed by atoms with Crippen LogP contribution in [0.1, 0.15) is 18.2 Å². The van der Waals surface area contributed by atoms with Crippen molar-refractivity contribution < 1.29 is 0 Å². The van der Waals surface area contributed by atoms with Gasteiger partial charge >= 0.3 is 0 Å². The Hall–Kier alpha value is -1.02. The first kappa shape index (κ1) is 11.1. The standard InChI is InChI=1S/C11H15ClN2/c1-7(2)6-13-10-5-8(3)11(12)14-9(10)4/h5,13H,1,6H2,2-4H3. The highest BCUT2D eigenvalue weighted by atomic mass is 35.5. The molecule has 0 bridgehead atoms. The molecule has 1 heterocycles. The zero-order chi connectivity index (χ0) is 10.7. The number of hydrogen-bond donors (Lipinski definition) is 1. The molecule has 76 valence electrons. The summed E-state index contributed by atoms with van der Waals surface area (Å²) >= 11 is 5.89. The van der Waals surface area contributed by atoms with E-state index < -0.39 is 0 Å². The predicted molar refractivity (Wildman–Crippen MR) is 62.0 cm³/mol. The van der Waals surface area contributed by atoms with Crippen LogP contribution in [0.15, 0.2) is 18.2 Å². The molecule has 0 saturated heterocycles. The van der Waals surface area contributed by atoms with E-state index in [0.717, 1.165) is 29.1 Å². The Morgan fingerprint density at radius 1 is 1.57 bits per heavy atom. The Bertz CT molecular complexity index is 359. The monoisotopic (exact) mass is 210 g/mol. The van der Waals surface area contributed by atoms with Crippen LogP contribution in [0, 0.1) is 13.8 Å². The van der Waals surface area contributed by atoms with Crippen LogP contribution in [0.3, 0.4) is 0 Å². The number of aryl methyl sites for hydroxylation is 2. The highest BCUT2D eigenvalue weighted by molar-refractivity contribution is 6.30. The minimum absolute atomic E-state index is 0.573. The van der Waals surface area contributed by atoms with Crippen LogP contribution in [-0.2, 0) is 0 Å². The van der Waals surface area contributed by atoms with Gasteiger partial charge in [-0.3, -0.25) is 0 Å². The second kappa shape index (κ2) is 4.47. The van der Waals surface area contributed by atoms with E-state index in [2.05, 4.69) is 16.9 Å². The highest BCUT2D eigenvalue weighted by Gasteiger charge is 2.03. The lowest BCUT2D eigenvalue weighted by Crippen LogP contribution is -2.05. The maximum absolute atomic E-state index is 5.89. The quantitative estimate of drug-likeness (QED) is 0.612. The molecule has 2 nitrogen and oxygen atoms in total. The first-order valence-corrected chi connectivity index (χ1v) is 4.90. The molecule has 1 rings (SSSR count). The largest absolute Gasteiger partial charge is 0.380 e. The number of hydrogen-bond acceptors (Lipinski definition) is 2. The topological polar surface area (TPSA) is 24.9 Å². The summed E-state index contributed by atoms with van der Waals surface area (Å²) in [6.45, 7) is 10.5. The zero-order valence-electron chi connectivity index (χ0n) is 8.82. The molecule has 3 heteroatoms. The molecule has 0 fully saturated rings. The molecule has 1 aromatic rings. The van der Waals surface area contributed by atoms with E-state index in [4.69, 9.17) is 11.6 Å². The van der Waals surface area contributed by atoms with Crippen molar-refractivity contribution >= 4 is 17.3 Å². The first-order chi connectivity index (χ1) is 6.50. The van der Waals surface area contributed by atoms with Gasteiger partial charge in [0.15, 0.2) is 0 Å². The summed E-state index contributed by atoms with van der Waals surface area (Å²) in [5, 5.41) is 3.83. The fraction of sp³-hybridized carbons (Fsp3) is 0.364. The molecule has 0 aliphatic heterocycles. The normalized spacial score (nSPS) is 10.0. The van der Waals surface area contributed by atoms with Crippen LogP contribution in [0.4, 0.5) is 5.69 Å². The van der Waals surface area contributed by atoms with Gasteiger partial charge in [0.25, 0.3) is 0 Å². The fourth-order valence-electron chi connectivity index (χ4n) is 1.10. The van der Waals surface area contributed by atoms with Gasteiger partial charge in [0.1, 0.15) is 5.15 Å². The van der Waals surface area contributed by atoms with E-state index in [0.29, 0.717) is 5.15 Å². The molecule has 0 atom stereocenters. The molecule has 0 aliphatic carbocycles. The summed E-state index contributed by atoms with van der Waals surface area (Å²) in [6, 6.07) is 2.01. The average Bonchev–Trinajstić information content (AvgIpc) is 2.09. The molecule has 0 spiro atoms. The van der Waals surface area contributed by atoms with Gasteiger partial charge in [0, 0.05) is 6.54 Å². The van der Waals surface area contributed by atoms with Gasteiger partial charge < -0.3 is 5.32 Å². The lowest BCUT2D eigenvalue weighted by atomic mass is 10.2. The average molecular weight is 211 g/mol. The van der Waals surface area contributed by atoms with Crippen molar-refractivity contribution in [3.05, 3.63) is 34.6 Å². The first-order valence-electron chi connectivity index (χ1n) is 4.52. The van der Waals surface area contributed by atoms with Crippen LogP contribution in [0.25, 0.3) is 0 Å². The van der Waals surface area contributed by atoms with Gasteiger partial charge in [-0.25, -0.2) is 4.98 Å². The van der Waals surface area contributed by atoms with Crippen LogP contribution in [0.2, 0.25) is 5.15 Å². The molecule has 0 saturated carbocycles. The Balaban J connectivity index is 2.87. The van der Waals surface area contributed by atoms with Crippen LogP contribution < -0.4 is 5.32 Å². The van der Waals surface area contributed by atoms with Gasteiger partial charge in [0.05, 0.1) is 11.4 Å². The Morgan fingerprint density at radius 3 is 2.79 bits per heavy atom. The van der Waals surface area contributed by atoms with Crippen molar-refractivity contribution in [2.75, 3.05) is 11.9 Å². The van der Waals surface area contributed by atoms with Gasteiger partial charge in [-0.05, 0) is 32.4 Å². The number of nitrogens with zero attached hydrogens (tertiary/aromatic N) is 1. The third-order valence-corrected chi connectivity index (χ3v) is 2.31. The van der Waals surface area contributed by atoms with Crippen molar-refractivity contribution in [2.24, 2.45) is 0 Å². The molecule has 14 heavy (non-hydrogen) atoms. The molecule has 0 amide bonds. The summed E-state index contributed by atoms with van der Waals surface area (Å²) in [4.78, 5) is 4.22. The molecule has 0 radical (unpaired) electrons. The van der Waals surface area contributed by atoms with E-state index in [1.165, 1.54) is 0 Å². The number of halogens is 1. The number of pyridine rings is 1. The van der Waals surface area contributed by atoms with E-state index in [1.807, 2.05) is 26.8 Å². The lowest BCUT2D eigenvalue weighted by molar-refractivity contribution is 1.13. The summed E-state index contributed by atoms with van der Waals surface area (Å²) < 4.78 is 0. The van der Waals surface area contributed by atoms with Crippen molar-refractivity contribution in [3.8, 4) is 0 Å². The number of aromatic nitrogens is 1. The van der Waals surface area contributed by atoms with Crippen LogP contribution >= 0.6 is 11.6 Å². The van der Waals surface area contributed by atoms with Crippen molar-refractivity contribution in [3.63, 3.8) is 0 Å². The number of nitrogens with one attached hydrogen (secondary N) is 1. The van der Waals surface area contributed by atoms with Gasteiger partial charge in [-0.15, -0.1) is 0 Å². The molecular formula is C11H15ClN2. The molecule has 1 aromatic heterocycles. The van der Waals surface area contributed by atoms with E-state index in [-0.39, 0.29) is 0 Å².